The largest absolute Gasteiger partial charge is 0.497 e. The average Bonchev–Trinajstić information content (AvgIpc) is 2.82. The standard InChI is InChI=1S/C25H28N2O4S/c1-19(2)21-11-9-20(10-12-21)17-26-25(28)18-27(22-13-15-23(31-3)16-14-22)32(29,30)24-7-5-4-6-8-24/h4-16,19H,17-18H2,1-3H3,(H,26,28). The molecule has 0 aliphatic carbocycles. The van der Waals surface area contributed by atoms with Crippen LogP contribution in [-0.2, 0) is 21.4 Å². The summed E-state index contributed by atoms with van der Waals surface area (Å²) in [6, 6.07) is 22.7. The van der Waals surface area contributed by atoms with Gasteiger partial charge in [-0.3, -0.25) is 9.10 Å². The summed E-state index contributed by atoms with van der Waals surface area (Å²) >= 11 is 0. The highest BCUT2D eigenvalue weighted by atomic mass is 32.2. The van der Waals surface area contributed by atoms with Crippen LogP contribution >= 0.6 is 0 Å². The SMILES string of the molecule is COc1ccc(N(CC(=O)NCc2ccc(C(C)C)cc2)S(=O)(=O)c2ccccc2)cc1. The number of carbonyl (C=O) groups excluding carboxylic acids is 1. The van der Waals surface area contributed by atoms with Crippen LogP contribution in [0.2, 0.25) is 0 Å². The number of benzene rings is 3. The molecule has 3 aromatic rings. The Morgan fingerprint density at radius 2 is 1.56 bits per heavy atom. The molecule has 0 fully saturated rings. The molecule has 0 radical (unpaired) electrons. The fourth-order valence-corrected chi connectivity index (χ4v) is 4.63. The van der Waals surface area contributed by atoms with E-state index in [0.29, 0.717) is 23.9 Å². The van der Waals surface area contributed by atoms with E-state index in [9.17, 15) is 13.2 Å². The quantitative estimate of drug-likeness (QED) is 0.524. The molecule has 0 spiro atoms. The van der Waals surface area contributed by atoms with Gasteiger partial charge in [0.2, 0.25) is 5.91 Å². The van der Waals surface area contributed by atoms with Crippen LogP contribution in [0.5, 0.6) is 5.75 Å². The second-order valence-corrected chi connectivity index (χ2v) is 9.56. The van der Waals surface area contributed by atoms with Gasteiger partial charge in [0.1, 0.15) is 12.3 Å². The molecule has 1 N–H and O–H groups in total. The second-order valence-electron chi connectivity index (χ2n) is 7.70. The van der Waals surface area contributed by atoms with Crippen LogP contribution in [0.1, 0.15) is 30.9 Å². The molecule has 0 aromatic heterocycles. The molecule has 0 heterocycles. The Hall–Kier alpha value is -3.32. The van der Waals surface area contributed by atoms with Crippen molar-refractivity contribution in [2.75, 3.05) is 18.0 Å². The minimum atomic E-state index is -3.94. The van der Waals surface area contributed by atoms with Crippen LogP contribution in [0.15, 0.2) is 83.8 Å². The van der Waals surface area contributed by atoms with Gasteiger partial charge in [0.15, 0.2) is 0 Å². The Bertz CT molecular complexity index is 1130. The maximum Gasteiger partial charge on any atom is 0.264 e. The fourth-order valence-electron chi connectivity index (χ4n) is 3.19. The molecule has 7 heteroatoms. The number of ether oxygens (including phenoxy) is 1. The lowest BCUT2D eigenvalue weighted by Gasteiger charge is -2.24. The summed E-state index contributed by atoms with van der Waals surface area (Å²) in [6.07, 6.45) is 0. The number of sulfonamides is 1. The van der Waals surface area contributed by atoms with Crippen molar-refractivity contribution in [3.63, 3.8) is 0 Å². The molecule has 6 nitrogen and oxygen atoms in total. The molecule has 0 saturated carbocycles. The van der Waals surface area contributed by atoms with Crippen molar-refractivity contribution in [1.82, 2.24) is 5.32 Å². The Labute approximate surface area is 189 Å². The van der Waals surface area contributed by atoms with Crippen LogP contribution in [0.4, 0.5) is 5.69 Å². The molecule has 0 aliphatic rings. The maximum atomic E-state index is 13.3. The number of methoxy groups -OCH3 is 1. The van der Waals surface area contributed by atoms with Gasteiger partial charge in [-0.1, -0.05) is 56.3 Å². The summed E-state index contributed by atoms with van der Waals surface area (Å²) in [4.78, 5) is 12.9. The summed E-state index contributed by atoms with van der Waals surface area (Å²) in [5.74, 6) is 0.633. The van der Waals surface area contributed by atoms with Crippen LogP contribution < -0.4 is 14.4 Å². The first-order valence-corrected chi connectivity index (χ1v) is 11.8. The zero-order valence-corrected chi connectivity index (χ0v) is 19.3. The third-order valence-corrected chi connectivity index (χ3v) is 6.90. The number of amides is 1. The lowest BCUT2D eigenvalue weighted by atomic mass is 10.0. The molecule has 168 valence electrons. The second kappa shape index (κ2) is 10.3. The van der Waals surface area contributed by atoms with Crippen molar-refractivity contribution in [2.45, 2.75) is 31.2 Å². The van der Waals surface area contributed by atoms with Crippen LogP contribution in [0, 0.1) is 0 Å². The van der Waals surface area contributed by atoms with Crippen molar-refractivity contribution in [2.24, 2.45) is 0 Å². The van der Waals surface area contributed by atoms with Gasteiger partial charge in [0.05, 0.1) is 17.7 Å². The predicted molar refractivity (Wildman–Crippen MR) is 126 cm³/mol. The third-order valence-electron chi connectivity index (χ3n) is 5.11. The zero-order chi connectivity index (χ0) is 23.1. The molecular formula is C25H28N2O4S. The molecule has 0 unspecified atom stereocenters. The molecule has 0 bridgehead atoms. The van der Waals surface area contributed by atoms with Gasteiger partial charge in [-0.05, 0) is 53.4 Å². The van der Waals surface area contributed by atoms with Crippen LogP contribution in [0.25, 0.3) is 0 Å². The van der Waals surface area contributed by atoms with E-state index in [-0.39, 0.29) is 11.4 Å². The van der Waals surface area contributed by atoms with E-state index in [2.05, 4.69) is 19.2 Å². The van der Waals surface area contributed by atoms with E-state index in [1.165, 1.54) is 24.8 Å². The summed E-state index contributed by atoms with van der Waals surface area (Å²) in [6.45, 7) is 4.22. The van der Waals surface area contributed by atoms with Crippen molar-refractivity contribution < 1.29 is 17.9 Å². The van der Waals surface area contributed by atoms with E-state index >= 15 is 0 Å². The maximum absolute atomic E-state index is 13.3. The number of carbonyl (C=O) groups is 1. The molecule has 0 aliphatic heterocycles. The first kappa shape index (κ1) is 23.3. The minimum Gasteiger partial charge on any atom is -0.497 e. The summed E-state index contributed by atoms with van der Waals surface area (Å²) in [7, 11) is -2.40. The van der Waals surface area contributed by atoms with E-state index in [1.807, 2.05) is 24.3 Å². The van der Waals surface area contributed by atoms with Gasteiger partial charge in [-0.15, -0.1) is 0 Å². The first-order valence-electron chi connectivity index (χ1n) is 10.4. The lowest BCUT2D eigenvalue weighted by Crippen LogP contribution is -2.40. The number of hydrogen-bond donors (Lipinski definition) is 1. The van der Waals surface area contributed by atoms with Gasteiger partial charge < -0.3 is 10.1 Å². The van der Waals surface area contributed by atoms with E-state index in [1.54, 1.807) is 42.5 Å². The lowest BCUT2D eigenvalue weighted by molar-refractivity contribution is -0.119. The van der Waals surface area contributed by atoms with Crippen molar-refractivity contribution in [3.05, 3.63) is 90.0 Å². The van der Waals surface area contributed by atoms with Gasteiger partial charge in [-0.2, -0.15) is 0 Å². The van der Waals surface area contributed by atoms with Crippen LogP contribution in [-0.4, -0.2) is 28.0 Å². The molecular weight excluding hydrogens is 424 g/mol. The Balaban J connectivity index is 1.79. The minimum absolute atomic E-state index is 0.118. The summed E-state index contributed by atoms with van der Waals surface area (Å²) in [5.41, 5.74) is 2.55. The first-order chi connectivity index (χ1) is 15.3. The fraction of sp³-hybridized carbons (Fsp3) is 0.240. The topological polar surface area (TPSA) is 75.7 Å². The average molecular weight is 453 g/mol. The number of hydrogen-bond acceptors (Lipinski definition) is 4. The Morgan fingerprint density at radius 1 is 0.938 bits per heavy atom. The predicted octanol–water partition coefficient (Wildman–Crippen LogP) is 4.33. The van der Waals surface area contributed by atoms with Gasteiger partial charge in [-0.25, -0.2) is 8.42 Å². The van der Waals surface area contributed by atoms with Crippen molar-refractivity contribution in [3.8, 4) is 5.75 Å². The van der Waals surface area contributed by atoms with E-state index in [0.717, 1.165) is 9.87 Å². The number of rotatable bonds is 9. The molecule has 3 rings (SSSR count). The van der Waals surface area contributed by atoms with Crippen molar-refractivity contribution in [1.29, 1.82) is 0 Å². The normalized spacial score (nSPS) is 11.2. The Morgan fingerprint density at radius 3 is 2.12 bits per heavy atom. The smallest absolute Gasteiger partial charge is 0.264 e. The number of nitrogens with one attached hydrogen (secondary N) is 1. The van der Waals surface area contributed by atoms with Gasteiger partial charge >= 0.3 is 0 Å². The van der Waals surface area contributed by atoms with Crippen molar-refractivity contribution >= 4 is 21.6 Å². The highest BCUT2D eigenvalue weighted by Gasteiger charge is 2.27. The van der Waals surface area contributed by atoms with E-state index in [4.69, 9.17) is 4.74 Å². The summed E-state index contributed by atoms with van der Waals surface area (Å²) in [5, 5.41) is 2.82. The monoisotopic (exact) mass is 452 g/mol. The zero-order valence-electron chi connectivity index (χ0n) is 18.5. The third kappa shape index (κ3) is 5.68. The molecule has 0 saturated heterocycles. The Kier molecular flexibility index (Phi) is 7.53. The number of nitrogens with zero attached hydrogens (tertiary/aromatic N) is 1. The highest BCUT2D eigenvalue weighted by molar-refractivity contribution is 7.92. The van der Waals surface area contributed by atoms with Crippen LogP contribution in [0.3, 0.4) is 0 Å². The highest BCUT2D eigenvalue weighted by Crippen LogP contribution is 2.25. The molecule has 1 amide bonds. The molecule has 32 heavy (non-hydrogen) atoms. The van der Waals surface area contributed by atoms with Gasteiger partial charge in [0, 0.05) is 6.54 Å². The molecule has 0 atom stereocenters. The summed E-state index contributed by atoms with van der Waals surface area (Å²) < 4.78 is 32.9. The number of anilines is 1. The van der Waals surface area contributed by atoms with E-state index < -0.39 is 15.9 Å². The molecule has 3 aromatic carbocycles. The van der Waals surface area contributed by atoms with Gasteiger partial charge in [0.25, 0.3) is 10.0 Å².